The number of nitrogens with zero attached hydrogens (tertiary/aromatic N) is 3. The topological polar surface area (TPSA) is 59.8 Å². The first-order valence-electron chi connectivity index (χ1n) is 8.56. The number of amides is 1. The molecule has 0 bridgehead atoms. The van der Waals surface area contributed by atoms with Gasteiger partial charge in [0.2, 0.25) is 0 Å². The van der Waals surface area contributed by atoms with E-state index in [1.54, 1.807) is 17.5 Å². The normalized spacial score (nSPS) is 12.1. The lowest BCUT2D eigenvalue weighted by molar-refractivity contribution is 0.0944. The zero-order chi connectivity index (χ0) is 19.7. The molecule has 4 aromatic rings. The van der Waals surface area contributed by atoms with Gasteiger partial charge in [0.05, 0.1) is 5.69 Å². The summed E-state index contributed by atoms with van der Waals surface area (Å²) in [4.78, 5) is 22.7. The van der Waals surface area contributed by atoms with Gasteiger partial charge in [-0.3, -0.25) is 4.79 Å². The van der Waals surface area contributed by atoms with Crippen molar-refractivity contribution in [3.05, 3.63) is 80.5 Å². The number of rotatable bonds is 5. The quantitative estimate of drug-likeness (QED) is 0.481. The summed E-state index contributed by atoms with van der Waals surface area (Å²) >= 11 is 9.05. The molecule has 0 aliphatic carbocycles. The summed E-state index contributed by atoms with van der Waals surface area (Å²) in [6.45, 7) is 1.86. The fourth-order valence-electron chi connectivity index (χ4n) is 2.92. The Morgan fingerprint density at radius 3 is 2.68 bits per heavy atom. The lowest BCUT2D eigenvalue weighted by Gasteiger charge is -2.19. The minimum Gasteiger partial charge on any atom is -0.337 e. The van der Waals surface area contributed by atoms with Gasteiger partial charge in [0.15, 0.2) is 0 Å². The van der Waals surface area contributed by atoms with Crippen LogP contribution in [0.4, 0.5) is 0 Å². The molecule has 28 heavy (non-hydrogen) atoms. The summed E-state index contributed by atoms with van der Waals surface area (Å²) in [5.41, 5.74) is 2.67. The Morgan fingerprint density at radius 1 is 1.25 bits per heavy atom. The molecule has 8 heteroatoms. The van der Waals surface area contributed by atoms with Gasteiger partial charge in [-0.15, -0.1) is 11.3 Å². The Kier molecular flexibility index (Phi) is 5.30. The number of hydrogen-bond donors (Lipinski definition) is 1. The second kappa shape index (κ2) is 7.87. The molecule has 1 amide bonds. The maximum absolute atomic E-state index is 13.1. The highest BCUT2D eigenvalue weighted by Gasteiger charge is 2.24. The second-order valence-electron chi connectivity index (χ2n) is 6.30. The molecule has 5 nitrogen and oxygen atoms in total. The summed E-state index contributed by atoms with van der Waals surface area (Å²) in [7, 11) is 1.91. The average Bonchev–Trinajstić information content (AvgIpc) is 3.41. The SMILES string of the molecule is Cc1nc(-c2ccsc2)sc1C(=O)N[C@H](c1ccc(Cl)cc1)c1nccn1C. The Hall–Kier alpha value is -2.48. The molecule has 0 aliphatic rings. The molecular formula is C20H17ClN4OS2. The number of imidazole rings is 1. The van der Waals surface area contributed by atoms with Crippen molar-refractivity contribution in [3.8, 4) is 10.6 Å². The molecule has 0 radical (unpaired) electrons. The van der Waals surface area contributed by atoms with Crippen LogP contribution >= 0.6 is 34.3 Å². The number of aryl methyl sites for hydroxylation is 2. The number of nitrogens with one attached hydrogen (secondary N) is 1. The predicted octanol–water partition coefficient (Wildman–Crippen LogP) is 5.09. The third-order valence-corrected chi connectivity index (χ3v) is 6.51. The van der Waals surface area contributed by atoms with Gasteiger partial charge in [0, 0.05) is 35.4 Å². The van der Waals surface area contributed by atoms with Crippen LogP contribution in [0.2, 0.25) is 5.02 Å². The molecule has 0 saturated carbocycles. The Labute approximate surface area is 175 Å². The van der Waals surface area contributed by atoms with Crippen molar-refractivity contribution in [2.75, 3.05) is 0 Å². The van der Waals surface area contributed by atoms with Gasteiger partial charge >= 0.3 is 0 Å². The van der Waals surface area contributed by atoms with E-state index in [0.29, 0.717) is 9.90 Å². The highest BCUT2D eigenvalue weighted by atomic mass is 35.5. The molecule has 4 rings (SSSR count). The van der Waals surface area contributed by atoms with Crippen LogP contribution in [0.5, 0.6) is 0 Å². The molecule has 142 valence electrons. The molecule has 3 heterocycles. The van der Waals surface area contributed by atoms with Crippen LogP contribution in [0.1, 0.15) is 32.8 Å². The Bertz CT molecular complexity index is 1100. The predicted molar refractivity (Wildman–Crippen MR) is 114 cm³/mol. The van der Waals surface area contributed by atoms with E-state index in [2.05, 4.69) is 15.3 Å². The van der Waals surface area contributed by atoms with Gasteiger partial charge in [0.1, 0.15) is 21.8 Å². The maximum Gasteiger partial charge on any atom is 0.264 e. The molecule has 3 aromatic heterocycles. The van der Waals surface area contributed by atoms with E-state index in [-0.39, 0.29) is 5.91 Å². The number of aromatic nitrogens is 3. The van der Waals surface area contributed by atoms with Crippen molar-refractivity contribution in [1.29, 1.82) is 0 Å². The Balaban J connectivity index is 1.66. The van der Waals surface area contributed by atoms with Gasteiger partial charge in [0.25, 0.3) is 5.91 Å². The first-order chi connectivity index (χ1) is 13.5. The minimum atomic E-state index is -0.393. The van der Waals surface area contributed by atoms with E-state index < -0.39 is 6.04 Å². The molecule has 0 aliphatic heterocycles. The maximum atomic E-state index is 13.1. The molecule has 0 saturated heterocycles. The monoisotopic (exact) mass is 428 g/mol. The summed E-state index contributed by atoms with van der Waals surface area (Å²) in [5.74, 6) is 0.579. The standard InChI is InChI=1S/C20H17ClN4OS2/c1-12-17(28-20(23-12)14-7-10-27-11-14)19(26)24-16(18-22-8-9-25(18)2)13-3-5-15(21)6-4-13/h3-11,16H,1-2H3,(H,24,26)/t16-/m1/s1. The Morgan fingerprint density at radius 2 is 2.04 bits per heavy atom. The number of carbonyl (C=O) groups excluding carboxylic acids is 1. The number of thiophene rings is 1. The highest BCUT2D eigenvalue weighted by molar-refractivity contribution is 7.17. The summed E-state index contributed by atoms with van der Waals surface area (Å²) < 4.78 is 1.90. The summed E-state index contributed by atoms with van der Waals surface area (Å²) in [5, 5.41) is 8.65. The van der Waals surface area contributed by atoms with Crippen LogP contribution in [-0.2, 0) is 7.05 Å². The van der Waals surface area contributed by atoms with Crippen LogP contribution in [0.3, 0.4) is 0 Å². The van der Waals surface area contributed by atoms with E-state index in [1.165, 1.54) is 11.3 Å². The minimum absolute atomic E-state index is 0.167. The third kappa shape index (κ3) is 3.73. The van der Waals surface area contributed by atoms with Crippen molar-refractivity contribution in [3.63, 3.8) is 0 Å². The number of carbonyl (C=O) groups is 1. The van der Waals surface area contributed by atoms with Crippen molar-refractivity contribution in [2.24, 2.45) is 7.05 Å². The molecule has 0 spiro atoms. The molecular weight excluding hydrogens is 412 g/mol. The smallest absolute Gasteiger partial charge is 0.264 e. The number of benzene rings is 1. The van der Waals surface area contributed by atoms with E-state index in [1.807, 2.05) is 65.8 Å². The fourth-order valence-corrected chi connectivity index (χ4v) is 4.73. The lowest BCUT2D eigenvalue weighted by Crippen LogP contribution is -2.31. The van der Waals surface area contributed by atoms with Crippen LogP contribution in [0, 0.1) is 6.92 Å². The van der Waals surface area contributed by atoms with E-state index in [0.717, 1.165) is 27.7 Å². The third-order valence-electron chi connectivity index (χ3n) is 4.37. The van der Waals surface area contributed by atoms with E-state index in [4.69, 9.17) is 11.6 Å². The second-order valence-corrected chi connectivity index (χ2v) is 8.52. The molecule has 0 fully saturated rings. The van der Waals surface area contributed by atoms with Crippen molar-refractivity contribution in [1.82, 2.24) is 19.9 Å². The summed E-state index contributed by atoms with van der Waals surface area (Å²) in [6, 6.07) is 9.04. The van der Waals surface area contributed by atoms with Gasteiger partial charge < -0.3 is 9.88 Å². The van der Waals surface area contributed by atoms with Crippen LogP contribution in [0.15, 0.2) is 53.5 Å². The zero-order valence-electron chi connectivity index (χ0n) is 15.2. The molecule has 1 aromatic carbocycles. The van der Waals surface area contributed by atoms with Gasteiger partial charge in [-0.05, 0) is 36.1 Å². The number of hydrogen-bond acceptors (Lipinski definition) is 5. The largest absolute Gasteiger partial charge is 0.337 e. The molecule has 0 unspecified atom stereocenters. The lowest BCUT2D eigenvalue weighted by atomic mass is 10.1. The highest BCUT2D eigenvalue weighted by Crippen LogP contribution is 2.30. The first kappa shape index (κ1) is 18.9. The van der Waals surface area contributed by atoms with Crippen molar-refractivity contribution >= 4 is 40.2 Å². The van der Waals surface area contributed by atoms with Crippen molar-refractivity contribution in [2.45, 2.75) is 13.0 Å². The van der Waals surface area contributed by atoms with Crippen LogP contribution in [-0.4, -0.2) is 20.4 Å². The van der Waals surface area contributed by atoms with Gasteiger partial charge in [-0.25, -0.2) is 9.97 Å². The average molecular weight is 429 g/mol. The van der Waals surface area contributed by atoms with E-state index in [9.17, 15) is 4.79 Å². The van der Waals surface area contributed by atoms with Gasteiger partial charge in [-0.1, -0.05) is 23.7 Å². The van der Waals surface area contributed by atoms with E-state index >= 15 is 0 Å². The van der Waals surface area contributed by atoms with Crippen LogP contribution in [0.25, 0.3) is 10.6 Å². The molecule has 1 atom stereocenters. The number of thiazole rings is 1. The zero-order valence-corrected chi connectivity index (χ0v) is 17.6. The fraction of sp³-hybridized carbons (Fsp3) is 0.150. The van der Waals surface area contributed by atoms with Gasteiger partial charge in [-0.2, -0.15) is 11.3 Å². The van der Waals surface area contributed by atoms with Crippen LogP contribution < -0.4 is 5.32 Å². The summed E-state index contributed by atoms with van der Waals surface area (Å²) in [6.07, 6.45) is 3.58. The molecule has 1 N–H and O–H groups in total. The first-order valence-corrected chi connectivity index (χ1v) is 10.7. The number of halogens is 1. The van der Waals surface area contributed by atoms with Crippen molar-refractivity contribution < 1.29 is 4.79 Å².